The van der Waals surface area contributed by atoms with Crippen LogP contribution in [-0.4, -0.2) is 0 Å². The van der Waals surface area contributed by atoms with E-state index in [1.54, 1.807) is 0 Å². The summed E-state index contributed by atoms with van der Waals surface area (Å²) in [5.74, 6) is 0.679. The van der Waals surface area contributed by atoms with Gasteiger partial charge in [0.15, 0.2) is 0 Å². The summed E-state index contributed by atoms with van der Waals surface area (Å²) >= 11 is 0. The van der Waals surface area contributed by atoms with Gasteiger partial charge in [0.05, 0.1) is 5.69 Å². The van der Waals surface area contributed by atoms with Crippen molar-refractivity contribution in [3.8, 4) is 11.1 Å². The van der Waals surface area contributed by atoms with Gasteiger partial charge < -0.3 is 4.90 Å². The van der Waals surface area contributed by atoms with Crippen molar-refractivity contribution in [1.29, 1.82) is 0 Å². The molecule has 1 nitrogen and oxygen atoms in total. The zero-order valence-electron chi connectivity index (χ0n) is 26.9. The molecule has 1 heteroatoms. The zero-order valence-corrected chi connectivity index (χ0v) is 26.9. The largest absolute Gasteiger partial charge is 0.310 e. The molecule has 0 saturated carbocycles. The lowest BCUT2D eigenvalue weighted by Gasteiger charge is -2.32. The first-order valence-corrected chi connectivity index (χ1v) is 16.9. The maximum absolute atomic E-state index is 2.46. The molecule has 0 aliphatic heterocycles. The molecule has 1 aliphatic rings. The fraction of sp³-hybridized carbons (Fsp3) is 0.0638. The molecule has 0 saturated heterocycles. The Balaban J connectivity index is 1.21. The third-order valence-electron chi connectivity index (χ3n) is 10.1. The third kappa shape index (κ3) is 4.79. The van der Waals surface area contributed by atoms with E-state index < -0.39 is 0 Å². The summed E-state index contributed by atoms with van der Waals surface area (Å²) < 4.78 is 0. The number of hydrogen-bond donors (Lipinski definition) is 0. The lowest BCUT2D eigenvalue weighted by molar-refractivity contribution is 0.628. The summed E-state index contributed by atoms with van der Waals surface area (Å²) in [4.78, 5) is 2.46. The summed E-state index contributed by atoms with van der Waals surface area (Å²) in [6, 6.07) is 59.8. The first-order valence-electron chi connectivity index (χ1n) is 16.9. The van der Waals surface area contributed by atoms with Gasteiger partial charge in [0.2, 0.25) is 0 Å². The molecule has 0 bridgehead atoms. The van der Waals surface area contributed by atoms with Gasteiger partial charge in [-0.3, -0.25) is 0 Å². The number of benzene rings is 8. The highest BCUT2D eigenvalue weighted by Gasteiger charge is 2.24. The minimum atomic E-state index is 0.338. The lowest BCUT2D eigenvalue weighted by atomic mass is 9.83. The molecule has 0 radical (unpaired) electrons. The Morgan fingerprint density at radius 2 is 1.02 bits per heavy atom. The number of anilines is 2. The topological polar surface area (TPSA) is 3.24 Å². The van der Waals surface area contributed by atoms with E-state index in [4.69, 9.17) is 0 Å². The SMILES string of the molecule is CC1C=C(N(c2ccc(-c3cc4ccccc4c4ccccc34)cc2)c2cc3ccccc3c3ccccc23)C=CC1c1ccccc1. The van der Waals surface area contributed by atoms with Gasteiger partial charge in [0, 0.05) is 22.7 Å². The van der Waals surface area contributed by atoms with E-state index in [0.29, 0.717) is 11.8 Å². The maximum Gasteiger partial charge on any atom is 0.0546 e. The molecular formula is C47H35N. The molecule has 2 unspecified atom stereocenters. The predicted octanol–water partition coefficient (Wildman–Crippen LogP) is 13.0. The standard InChI is InChI=1S/C47H35N/c1-32-29-38(27-28-39(32)33-13-3-2-4-14-33)48(47-31-36-16-6-8-18-41(36)43-20-11-12-22-45(43)47)37-25-23-34(24-26-37)46-30-35-15-5-7-17-40(35)42-19-9-10-21-44(42)46/h2-32,39H,1H3. The summed E-state index contributed by atoms with van der Waals surface area (Å²) in [5, 5.41) is 10.2. The van der Waals surface area contributed by atoms with Crippen molar-refractivity contribution >= 4 is 54.5 Å². The second-order valence-corrected chi connectivity index (χ2v) is 13.0. The lowest BCUT2D eigenvalue weighted by Crippen LogP contribution is -2.20. The molecule has 9 rings (SSSR count). The van der Waals surface area contributed by atoms with E-state index in [9.17, 15) is 0 Å². The first kappa shape index (κ1) is 28.3. The first-order chi connectivity index (χ1) is 23.7. The molecule has 1 aliphatic carbocycles. The van der Waals surface area contributed by atoms with Crippen molar-refractivity contribution in [2.24, 2.45) is 5.92 Å². The van der Waals surface area contributed by atoms with Crippen molar-refractivity contribution in [2.75, 3.05) is 4.90 Å². The van der Waals surface area contributed by atoms with Crippen molar-refractivity contribution in [2.45, 2.75) is 12.8 Å². The van der Waals surface area contributed by atoms with Gasteiger partial charge in [0.25, 0.3) is 0 Å². The quantitative estimate of drug-likeness (QED) is 0.175. The van der Waals surface area contributed by atoms with Gasteiger partial charge in [-0.1, -0.05) is 159 Å². The highest BCUT2D eigenvalue weighted by atomic mass is 15.1. The van der Waals surface area contributed by atoms with Crippen molar-refractivity contribution < 1.29 is 0 Å². The fourth-order valence-corrected chi connectivity index (χ4v) is 7.78. The Hall–Kier alpha value is -5.92. The maximum atomic E-state index is 2.46. The number of nitrogens with zero attached hydrogens (tertiary/aromatic N) is 1. The Morgan fingerprint density at radius 1 is 0.479 bits per heavy atom. The van der Waals surface area contributed by atoms with Crippen molar-refractivity contribution in [3.05, 3.63) is 193 Å². The number of rotatable bonds is 5. The summed E-state index contributed by atoms with van der Waals surface area (Å²) in [7, 11) is 0. The van der Waals surface area contributed by atoms with E-state index in [0.717, 1.165) is 5.69 Å². The molecule has 8 aromatic rings. The van der Waals surface area contributed by atoms with Crippen LogP contribution in [0.25, 0.3) is 54.2 Å². The Morgan fingerprint density at radius 3 is 1.69 bits per heavy atom. The van der Waals surface area contributed by atoms with Gasteiger partial charge in [-0.25, -0.2) is 0 Å². The molecule has 228 valence electrons. The normalized spacial score (nSPS) is 16.1. The van der Waals surface area contributed by atoms with Crippen LogP contribution < -0.4 is 4.90 Å². The van der Waals surface area contributed by atoms with Crippen LogP contribution in [0.15, 0.2) is 188 Å². The van der Waals surface area contributed by atoms with Crippen LogP contribution in [-0.2, 0) is 0 Å². The number of allylic oxidation sites excluding steroid dienone is 3. The van der Waals surface area contributed by atoms with Crippen LogP contribution in [0.5, 0.6) is 0 Å². The highest BCUT2D eigenvalue weighted by Crippen LogP contribution is 2.43. The average molecular weight is 614 g/mol. The molecule has 0 spiro atoms. The Labute approximate surface area is 281 Å². The molecule has 0 fully saturated rings. The van der Waals surface area contributed by atoms with E-state index in [1.807, 2.05) is 0 Å². The van der Waals surface area contributed by atoms with Gasteiger partial charge >= 0.3 is 0 Å². The number of hydrogen-bond acceptors (Lipinski definition) is 1. The second-order valence-electron chi connectivity index (χ2n) is 13.0. The van der Waals surface area contributed by atoms with Gasteiger partial charge in [-0.05, 0) is 90.7 Å². The molecule has 48 heavy (non-hydrogen) atoms. The third-order valence-corrected chi connectivity index (χ3v) is 10.1. The molecule has 0 aromatic heterocycles. The Bertz CT molecular complexity index is 2520. The van der Waals surface area contributed by atoms with Gasteiger partial charge in [-0.2, -0.15) is 0 Å². The minimum absolute atomic E-state index is 0.338. The summed E-state index contributed by atoms with van der Waals surface area (Å²) in [6.07, 6.45) is 7.17. The van der Waals surface area contributed by atoms with Crippen LogP contribution in [0.4, 0.5) is 11.4 Å². The average Bonchev–Trinajstić information content (AvgIpc) is 3.15. The van der Waals surface area contributed by atoms with Crippen molar-refractivity contribution in [3.63, 3.8) is 0 Å². The van der Waals surface area contributed by atoms with Crippen LogP contribution in [0.1, 0.15) is 18.4 Å². The van der Waals surface area contributed by atoms with Gasteiger partial charge in [0.1, 0.15) is 0 Å². The molecule has 0 heterocycles. The van der Waals surface area contributed by atoms with E-state index in [-0.39, 0.29) is 0 Å². The van der Waals surface area contributed by atoms with E-state index in [2.05, 4.69) is 194 Å². The van der Waals surface area contributed by atoms with E-state index in [1.165, 1.54) is 71.2 Å². The molecule has 0 amide bonds. The minimum Gasteiger partial charge on any atom is -0.310 e. The van der Waals surface area contributed by atoms with Crippen molar-refractivity contribution in [1.82, 2.24) is 0 Å². The predicted molar refractivity (Wildman–Crippen MR) is 206 cm³/mol. The van der Waals surface area contributed by atoms with Crippen LogP contribution in [0.3, 0.4) is 0 Å². The smallest absolute Gasteiger partial charge is 0.0546 e. The van der Waals surface area contributed by atoms with Crippen LogP contribution in [0, 0.1) is 5.92 Å². The van der Waals surface area contributed by atoms with Crippen LogP contribution in [0.2, 0.25) is 0 Å². The monoisotopic (exact) mass is 613 g/mol. The fourth-order valence-electron chi connectivity index (χ4n) is 7.78. The van der Waals surface area contributed by atoms with E-state index >= 15 is 0 Å². The second kappa shape index (κ2) is 11.7. The Kier molecular flexibility index (Phi) is 6.91. The summed E-state index contributed by atoms with van der Waals surface area (Å²) in [5.41, 5.74) is 7.36. The van der Waals surface area contributed by atoms with Gasteiger partial charge in [-0.15, -0.1) is 0 Å². The molecule has 2 atom stereocenters. The zero-order chi connectivity index (χ0) is 32.0. The molecular weight excluding hydrogens is 579 g/mol. The summed E-state index contributed by atoms with van der Waals surface area (Å²) in [6.45, 7) is 2.34. The van der Waals surface area contributed by atoms with Crippen LogP contribution >= 0.6 is 0 Å². The molecule has 0 N–H and O–H groups in total. The highest BCUT2D eigenvalue weighted by molar-refractivity contribution is 6.15. The molecule has 8 aromatic carbocycles. The number of fused-ring (bicyclic) bond motifs is 6.